The molecule has 1 aliphatic heterocycles. The van der Waals surface area contributed by atoms with E-state index in [1.165, 1.54) is 0 Å². The lowest BCUT2D eigenvalue weighted by Crippen LogP contribution is -2.48. The zero-order valence-electron chi connectivity index (χ0n) is 16.8. The van der Waals surface area contributed by atoms with E-state index in [0.29, 0.717) is 43.4 Å². The van der Waals surface area contributed by atoms with Crippen molar-refractivity contribution < 1.29 is 13.5 Å². The largest absolute Gasteiger partial charge is 0.508 e. The molecule has 1 saturated heterocycles. The van der Waals surface area contributed by atoms with Gasteiger partial charge in [0.05, 0.1) is 4.90 Å². The van der Waals surface area contributed by atoms with Gasteiger partial charge in [0.2, 0.25) is 10.0 Å². The fourth-order valence-corrected chi connectivity index (χ4v) is 5.29. The van der Waals surface area contributed by atoms with Gasteiger partial charge in [-0.05, 0) is 53.9 Å². The number of aryl methyl sites for hydroxylation is 2. The van der Waals surface area contributed by atoms with Gasteiger partial charge in [-0.25, -0.2) is 8.42 Å². The summed E-state index contributed by atoms with van der Waals surface area (Å²) in [5.41, 5.74) is 3.10. The molecule has 1 aliphatic rings. The van der Waals surface area contributed by atoms with E-state index in [-0.39, 0.29) is 0 Å². The highest BCUT2D eigenvalue weighted by molar-refractivity contribution is 7.89. The molecule has 0 aromatic heterocycles. The van der Waals surface area contributed by atoms with Crippen molar-refractivity contribution in [2.75, 3.05) is 26.2 Å². The highest BCUT2D eigenvalue weighted by Gasteiger charge is 2.28. The Morgan fingerprint density at radius 2 is 1.52 bits per heavy atom. The van der Waals surface area contributed by atoms with Crippen LogP contribution in [0, 0.1) is 13.8 Å². The molecule has 1 N–H and O–H groups in total. The maximum atomic E-state index is 13.1. The molecule has 1 fully saturated rings. The number of nitrogens with zero attached hydrogens (tertiary/aromatic N) is 2. The maximum absolute atomic E-state index is 13.1. The van der Waals surface area contributed by atoms with Gasteiger partial charge >= 0.3 is 0 Å². The molecule has 152 valence electrons. The smallest absolute Gasteiger partial charge is 0.243 e. The normalized spacial score (nSPS) is 16.3. The van der Waals surface area contributed by atoms with Gasteiger partial charge in [0.1, 0.15) is 5.75 Å². The van der Waals surface area contributed by atoms with E-state index in [9.17, 15) is 13.5 Å². The van der Waals surface area contributed by atoms with Crippen LogP contribution in [0.1, 0.15) is 16.7 Å². The Kier molecular flexibility index (Phi) is 5.34. The SMILES string of the molecule is Cc1cc(O)c(CN2CCN(S(=O)(=O)c3ccc4ccccc4c3)CC2)cc1C. The van der Waals surface area contributed by atoms with Crippen LogP contribution in [0.4, 0.5) is 0 Å². The van der Waals surface area contributed by atoms with Crippen molar-refractivity contribution in [2.45, 2.75) is 25.3 Å². The van der Waals surface area contributed by atoms with Gasteiger partial charge < -0.3 is 5.11 Å². The highest BCUT2D eigenvalue weighted by atomic mass is 32.2. The van der Waals surface area contributed by atoms with Crippen molar-refractivity contribution in [1.29, 1.82) is 0 Å². The maximum Gasteiger partial charge on any atom is 0.243 e. The summed E-state index contributed by atoms with van der Waals surface area (Å²) in [6, 6.07) is 16.9. The van der Waals surface area contributed by atoms with Crippen LogP contribution in [0.25, 0.3) is 10.8 Å². The van der Waals surface area contributed by atoms with Gasteiger partial charge in [-0.2, -0.15) is 4.31 Å². The average Bonchev–Trinajstić information content (AvgIpc) is 2.72. The van der Waals surface area contributed by atoms with Gasteiger partial charge in [-0.15, -0.1) is 0 Å². The Balaban J connectivity index is 1.46. The van der Waals surface area contributed by atoms with Gasteiger partial charge in [-0.1, -0.05) is 36.4 Å². The molecule has 4 rings (SSSR count). The third-order valence-electron chi connectivity index (χ3n) is 5.78. The van der Waals surface area contributed by atoms with Crippen LogP contribution in [0.2, 0.25) is 0 Å². The molecule has 6 heteroatoms. The lowest BCUT2D eigenvalue weighted by Gasteiger charge is -2.34. The summed E-state index contributed by atoms with van der Waals surface area (Å²) in [5, 5.41) is 12.2. The van der Waals surface area contributed by atoms with Crippen molar-refractivity contribution in [2.24, 2.45) is 0 Å². The lowest BCUT2D eigenvalue weighted by molar-refractivity contribution is 0.180. The summed E-state index contributed by atoms with van der Waals surface area (Å²) in [6.45, 7) is 6.80. The minimum absolute atomic E-state index is 0.305. The number of sulfonamides is 1. The van der Waals surface area contributed by atoms with E-state index in [2.05, 4.69) is 4.90 Å². The molecule has 0 atom stereocenters. The molecular weight excluding hydrogens is 384 g/mol. The summed E-state index contributed by atoms with van der Waals surface area (Å²) in [6.07, 6.45) is 0. The van der Waals surface area contributed by atoms with E-state index in [1.807, 2.05) is 50.2 Å². The molecule has 0 saturated carbocycles. The first-order chi connectivity index (χ1) is 13.8. The zero-order chi connectivity index (χ0) is 20.6. The fraction of sp³-hybridized carbons (Fsp3) is 0.304. The molecule has 0 amide bonds. The predicted octanol–water partition coefficient (Wildman–Crippen LogP) is 3.67. The molecule has 0 bridgehead atoms. The quantitative estimate of drug-likeness (QED) is 0.713. The molecule has 3 aromatic carbocycles. The molecule has 5 nitrogen and oxygen atoms in total. The van der Waals surface area contributed by atoms with Crippen molar-refractivity contribution >= 4 is 20.8 Å². The number of phenols is 1. The first-order valence-electron chi connectivity index (χ1n) is 9.85. The summed E-state index contributed by atoms with van der Waals surface area (Å²) >= 11 is 0. The van der Waals surface area contributed by atoms with Crippen LogP contribution in [-0.4, -0.2) is 48.9 Å². The van der Waals surface area contributed by atoms with E-state index >= 15 is 0 Å². The molecule has 3 aromatic rings. The number of hydrogen-bond donors (Lipinski definition) is 1. The predicted molar refractivity (Wildman–Crippen MR) is 116 cm³/mol. The number of hydrogen-bond acceptors (Lipinski definition) is 4. The van der Waals surface area contributed by atoms with Crippen LogP contribution in [0.15, 0.2) is 59.5 Å². The molecule has 0 unspecified atom stereocenters. The molecule has 29 heavy (non-hydrogen) atoms. The standard InChI is InChI=1S/C23H26N2O3S/c1-17-13-21(23(26)14-18(17)2)16-24-9-11-25(12-10-24)29(27,28)22-8-7-19-5-3-4-6-20(19)15-22/h3-8,13-15,26H,9-12,16H2,1-2H3. The number of phenolic OH excluding ortho intramolecular Hbond substituents is 1. The van der Waals surface area contributed by atoms with Gasteiger partial charge in [0, 0.05) is 38.3 Å². The first kappa shape index (κ1) is 19.9. The number of benzene rings is 3. The fourth-order valence-electron chi connectivity index (χ4n) is 3.83. The minimum atomic E-state index is -3.51. The molecule has 0 aliphatic carbocycles. The van der Waals surface area contributed by atoms with Crippen LogP contribution in [-0.2, 0) is 16.6 Å². The number of aromatic hydroxyl groups is 1. The second-order valence-electron chi connectivity index (χ2n) is 7.75. The summed E-state index contributed by atoms with van der Waals surface area (Å²) in [4.78, 5) is 2.53. The summed E-state index contributed by atoms with van der Waals surface area (Å²) in [5.74, 6) is 0.305. The molecule has 0 spiro atoms. The molecule has 1 heterocycles. The van der Waals surface area contributed by atoms with Crippen molar-refractivity contribution in [3.05, 3.63) is 71.3 Å². The second kappa shape index (κ2) is 7.78. The van der Waals surface area contributed by atoms with Crippen molar-refractivity contribution in [3.8, 4) is 5.75 Å². The minimum Gasteiger partial charge on any atom is -0.508 e. The summed E-state index contributed by atoms with van der Waals surface area (Å²) in [7, 11) is -3.51. The van der Waals surface area contributed by atoms with Crippen molar-refractivity contribution in [1.82, 2.24) is 9.21 Å². The van der Waals surface area contributed by atoms with Gasteiger partial charge in [0.15, 0.2) is 0 Å². The van der Waals surface area contributed by atoms with Crippen molar-refractivity contribution in [3.63, 3.8) is 0 Å². The first-order valence-corrected chi connectivity index (χ1v) is 11.3. The highest BCUT2D eigenvalue weighted by Crippen LogP contribution is 2.26. The zero-order valence-corrected chi connectivity index (χ0v) is 17.6. The second-order valence-corrected chi connectivity index (χ2v) is 9.69. The Morgan fingerprint density at radius 1 is 0.862 bits per heavy atom. The Hall–Kier alpha value is -2.41. The van der Waals surface area contributed by atoms with Crippen LogP contribution in [0.3, 0.4) is 0 Å². The Bertz CT molecular complexity index is 1150. The molecular formula is C23H26N2O3S. The number of fused-ring (bicyclic) bond motifs is 1. The average molecular weight is 411 g/mol. The van der Waals surface area contributed by atoms with E-state index < -0.39 is 10.0 Å². The van der Waals surface area contributed by atoms with Gasteiger partial charge in [0.25, 0.3) is 0 Å². The third kappa shape index (κ3) is 4.01. The van der Waals surface area contributed by atoms with Crippen LogP contribution in [0.5, 0.6) is 5.75 Å². The van der Waals surface area contributed by atoms with E-state index in [4.69, 9.17) is 0 Å². The Morgan fingerprint density at radius 3 is 2.24 bits per heavy atom. The Labute approximate surface area is 172 Å². The number of piperazine rings is 1. The van der Waals surface area contributed by atoms with Crippen LogP contribution >= 0.6 is 0 Å². The summed E-state index contributed by atoms with van der Waals surface area (Å²) < 4.78 is 27.8. The van der Waals surface area contributed by atoms with E-state index in [1.54, 1.807) is 22.5 Å². The van der Waals surface area contributed by atoms with Gasteiger partial charge in [-0.3, -0.25) is 4.90 Å². The molecule has 0 radical (unpaired) electrons. The van der Waals surface area contributed by atoms with E-state index in [0.717, 1.165) is 27.5 Å². The number of rotatable bonds is 4. The topological polar surface area (TPSA) is 60.9 Å². The third-order valence-corrected chi connectivity index (χ3v) is 7.67. The monoisotopic (exact) mass is 410 g/mol. The lowest BCUT2D eigenvalue weighted by atomic mass is 10.0. The van der Waals surface area contributed by atoms with Crippen LogP contribution < -0.4 is 0 Å².